The van der Waals surface area contributed by atoms with Gasteiger partial charge < -0.3 is 13.6 Å². The maximum Gasteiger partial charge on any atom is 0.323 e. The van der Waals surface area contributed by atoms with Crippen molar-refractivity contribution in [2.24, 2.45) is 17.3 Å². The minimum atomic E-state index is -1.95. The lowest BCUT2D eigenvalue weighted by atomic mass is 9.85. The van der Waals surface area contributed by atoms with E-state index >= 15 is 0 Å². The smallest absolute Gasteiger partial charge is 0.323 e. The van der Waals surface area contributed by atoms with Crippen LogP contribution in [-0.4, -0.2) is 42.8 Å². The Hall–Kier alpha value is -0.666. The summed E-state index contributed by atoms with van der Waals surface area (Å²) in [6.07, 6.45) is 0.979. The average Bonchev–Trinajstić information content (AvgIpc) is 2.80. The number of esters is 2. The fraction of sp³-hybridized carbons (Fsp3) is 0.895. The Kier molecular flexibility index (Phi) is 6.97. The molecule has 0 amide bonds. The summed E-state index contributed by atoms with van der Waals surface area (Å²) in [6, 6.07) is 0.941. The van der Waals surface area contributed by atoms with Crippen LogP contribution in [0, 0.1) is 17.3 Å². The Morgan fingerprint density at radius 1 is 1.00 bits per heavy atom. The predicted octanol–water partition coefficient (Wildman–Crippen LogP) is 4.59. The van der Waals surface area contributed by atoms with E-state index in [4.69, 9.17) is 13.6 Å². The van der Waals surface area contributed by atoms with Gasteiger partial charge in [0.25, 0.3) is 0 Å². The standard InChI is InChI=1S/C19H38O5Si2/c1-14-11-19(16(20)22-5,17(21)23-6)12-15(14)13-25(7,8)24-26(9,10)18(2,3)4/h14-15H,11-13H2,1-10H3/t14-,15+/m0/s1. The number of ether oxygens (including phenoxy) is 2. The highest BCUT2D eigenvalue weighted by Crippen LogP contribution is 2.50. The lowest BCUT2D eigenvalue weighted by Crippen LogP contribution is -2.50. The molecule has 0 radical (unpaired) electrons. The van der Waals surface area contributed by atoms with Gasteiger partial charge in [-0.1, -0.05) is 27.7 Å². The van der Waals surface area contributed by atoms with Gasteiger partial charge in [0.1, 0.15) is 0 Å². The summed E-state index contributed by atoms with van der Waals surface area (Å²) in [6.45, 7) is 18.0. The molecule has 0 N–H and O–H groups in total. The molecule has 1 aliphatic carbocycles. The maximum absolute atomic E-state index is 12.4. The normalized spacial score (nSPS) is 23.6. The third-order valence-electron chi connectivity index (χ3n) is 6.33. The van der Waals surface area contributed by atoms with Crippen molar-refractivity contribution in [3.63, 3.8) is 0 Å². The van der Waals surface area contributed by atoms with Crippen molar-refractivity contribution in [3.05, 3.63) is 0 Å². The first kappa shape index (κ1) is 23.4. The second kappa shape index (κ2) is 7.75. The summed E-state index contributed by atoms with van der Waals surface area (Å²) in [5.74, 6) is -0.422. The molecule has 0 spiro atoms. The van der Waals surface area contributed by atoms with Gasteiger partial charge in [-0.2, -0.15) is 0 Å². The van der Waals surface area contributed by atoms with Crippen LogP contribution < -0.4 is 0 Å². The lowest BCUT2D eigenvalue weighted by molar-refractivity contribution is -0.169. The van der Waals surface area contributed by atoms with Crippen molar-refractivity contribution in [2.45, 2.75) is 77.8 Å². The largest absolute Gasteiger partial charge is 0.468 e. The third kappa shape index (κ3) is 4.78. The number of hydrogen-bond donors (Lipinski definition) is 0. The summed E-state index contributed by atoms with van der Waals surface area (Å²) in [7, 11) is -1.12. The molecule has 0 bridgehead atoms. The minimum absolute atomic E-state index is 0.167. The predicted molar refractivity (Wildman–Crippen MR) is 109 cm³/mol. The zero-order valence-electron chi connectivity index (χ0n) is 18.3. The third-order valence-corrected chi connectivity index (χ3v) is 15.7. The Bertz CT molecular complexity index is 521. The van der Waals surface area contributed by atoms with Gasteiger partial charge in [0.15, 0.2) is 22.0 Å². The molecule has 0 aromatic heterocycles. The van der Waals surface area contributed by atoms with Crippen molar-refractivity contribution in [1.82, 2.24) is 0 Å². The Balaban J connectivity index is 3.00. The molecule has 26 heavy (non-hydrogen) atoms. The van der Waals surface area contributed by atoms with Gasteiger partial charge >= 0.3 is 11.9 Å². The van der Waals surface area contributed by atoms with Crippen LogP contribution >= 0.6 is 0 Å². The van der Waals surface area contributed by atoms with Gasteiger partial charge in [-0.25, -0.2) is 0 Å². The molecule has 1 fully saturated rings. The molecule has 5 nitrogen and oxygen atoms in total. The van der Waals surface area contributed by atoms with Crippen LogP contribution in [0.25, 0.3) is 0 Å². The van der Waals surface area contributed by atoms with E-state index < -0.39 is 34.0 Å². The highest BCUT2D eigenvalue weighted by atomic mass is 28.4. The fourth-order valence-corrected chi connectivity index (χ4v) is 12.9. The molecule has 152 valence electrons. The van der Waals surface area contributed by atoms with Crippen LogP contribution in [0.15, 0.2) is 0 Å². The van der Waals surface area contributed by atoms with Crippen LogP contribution in [-0.2, 0) is 23.2 Å². The topological polar surface area (TPSA) is 61.8 Å². The first-order chi connectivity index (χ1) is 11.6. The summed E-state index contributed by atoms with van der Waals surface area (Å²) >= 11 is 0. The van der Waals surface area contributed by atoms with Crippen molar-refractivity contribution in [2.75, 3.05) is 14.2 Å². The second-order valence-electron chi connectivity index (χ2n) is 10.0. The number of carbonyl (C=O) groups excluding carboxylic acids is 2. The number of methoxy groups -OCH3 is 2. The number of rotatable bonds is 6. The van der Waals surface area contributed by atoms with Gasteiger partial charge in [-0.3, -0.25) is 9.59 Å². The molecule has 1 saturated carbocycles. The minimum Gasteiger partial charge on any atom is -0.468 e. The molecular formula is C19H38O5Si2. The van der Waals surface area contributed by atoms with Gasteiger partial charge in [0, 0.05) is 0 Å². The van der Waals surface area contributed by atoms with E-state index in [0.29, 0.717) is 12.8 Å². The molecular weight excluding hydrogens is 364 g/mol. The van der Waals surface area contributed by atoms with E-state index in [9.17, 15) is 9.59 Å². The quantitative estimate of drug-likeness (QED) is 0.369. The monoisotopic (exact) mass is 402 g/mol. The average molecular weight is 403 g/mol. The van der Waals surface area contributed by atoms with E-state index in [0.717, 1.165) is 6.04 Å². The van der Waals surface area contributed by atoms with Crippen LogP contribution in [0.4, 0.5) is 0 Å². The number of hydrogen-bond acceptors (Lipinski definition) is 5. The zero-order valence-corrected chi connectivity index (χ0v) is 20.3. The van der Waals surface area contributed by atoms with Crippen LogP contribution in [0.2, 0.25) is 37.3 Å². The highest BCUT2D eigenvalue weighted by molar-refractivity contribution is 6.86. The van der Waals surface area contributed by atoms with Crippen LogP contribution in [0.1, 0.15) is 40.5 Å². The second-order valence-corrected chi connectivity index (χ2v) is 19.3. The molecule has 0 aliphatic heterocycles. The molecule has 0 unspecified atom stereocenters. The first-order valence-electron chi connectivity index (χ1n) is 9.49. The van der Waals surface area contributed by atoms with E-state index in [1.54, 1.807) is 0 Å². The van der Waals surface area contributed by atoms with E-state index in [-0.39, 0.29) is 16.9 Å². The Morgan fingerprint density at radius 2 is 1.46 bits per heavy atom. The van der Waals surface area contributed by atoms with Gasteiger partial charge in [-0.15, -0.1) is 0 Å². The molecule has 2 atom stereocenters. The summed E-state index contributed by atoms with van der Waals surface area (Å²) in [5, 5.41) is 0.167. The molecule has 0 saturated heterocycles. The maximum atomic E-state index is 12.4. The van der Waals surface area contributed by atoms with Crippen LogP contribution in [0.3, 0.4) is 0 Å². The van der Waals surface area contributed by atoms with Gasteiger partial charge in [0.2, 0.25) is 0 Å². The molecule has 7 heteroatoms. The van der Waals surface area contributed by atoms with E-state index in [1.165, 1.54) is 14.2 Å². The SMILES string of the molecule is COC(=O)C1(C(=O)OC)C[C@H](C[Si](C)(C)O[Si](C)(C)C(C)(C)C)[C@@H](C)C1. The molecule has 1 aliphatic rings. The lowest BCUT2D eigenvalue weighted by Gasteiger charge is -2.43. The summed E-state index contributed by atoms with van der Waals surface area (Å²) in [5.41, 5.74) is -1.16. The Morgan fingerprint density at radius 3 is 1.85 bits per heavy atom. The fourth-order valence-electron chi connectivity index (χ4n) is 4.05. The first-order valence-corrected chi connectivity index (χ1v) is 15.5. The van der Waals surface area contributed by atoms with E-state index in [2.05, 4.69) is 53.9 Å². The molecule has 0 heterocycles. The van der Waals surface area contributed by atoms with Gasteiger partial charge in [0.05, 0.1) is 14.2 Å². The van der Waals surface area contributed by atoms with Crippen molar-refractivity contribution < 1.29 is 23.2 Å². The van der Waals surface area contributed by atoms with Crippen LogP contribution in [0.5, 0.6) is 0 Å². The zero-order chi connectivity index (χ0) is 20.6. The van der Waals surface area contributed by atoms with Crippen molar-refractivity contribution in [1.29, 1.82) is 0 Å². The molecule has 0 aromatic carbocycles. The van der Waals surface area contributed by atoms with Gasteiger partial charge in [-0.05, 0) is 61.9 Å². The summed E-state index contributed by atoms with van der Waals surface area (Å²) < 4.78 is 16.7. The highest BCUT2D eigenvalue weighted by Gasteiger charge is 2.57. The molecule has 0 aromatic rings. The molecule has 1 rings (SSSR count). The van der Waals surface area contributed by atoms with Crippen molar-refractivity contribution in [3.8, 4) is 0 Å². The van der Waals surface area contributed by atoms with Crippen molar-refractivity contribution >= 4 is 28.6 Å². The summed E-state index contributed by atoms with van der Waals surface area (Å²) in [4.78, 5) is 24.8. The van der Waals surface area contributed by atoms with E-state index in [1.807, 2.05) is 0 Å². The Labute approximate surface area is 161 Å². The number of carbonyl (C=O) groups is 2.